The van der Waals surface area contributed by atoms with Crippen LogP contribution in [0.4, 0.5) is 0 Å². The lowest BCUT2D eigenvalue weighted by atomic mass is 9.98. The predicted octanol–water partition coefficient (Wildman–Crippen LogP) is 6.15. The molecule has 0 saturated heterocycles. The summed E-state index contributed by atoms with van der Waals surface area (Å²) < 4.78 is 2.63. The van der Waals surface area contributed by atoms with Crippen molar-refractivity contribution < 1.29 is 0 Å². The molecule has 0 bridgehead atoms. The molecule has 1 aliphatic heterocycles. The quantitative estimate of drug-likeness (QED) is 0.574. The van der Waals surface area contributed by atoms with Gasteiger partial charge in [0.05, 0.1) is 0 Å². The minimum Gasteiger partial charge on any atom is -0.379 e. The fraction of sp³-hybridized carbons (Fsp3) is 0.500. The molecular weight excluding hydrogens is 320 g/mol. The Morgan fingerprint density at radius 1 is 0.920 bits per heavy atom. The second kappa shape index (κ2) is 6.95. The van der Waals surface area contributed by atoms with Gasteiger partial charge in [0.2, 0.25) is 0 Å². The Balaban J connectivity index is 2.03. The first-order chi connectivity index (χ1) is 11.9. The van der Waals surface area contributed by atoms with Gasteiger partial charge in [-0.05, 0) is 57.6 Å². The van der Waals surface area contributed by atoms with E-state index < -0.39 is 8.24 Å². The van der Waals surface area contributed by atoms with Gasteiger partial charge in [0.25, 0.3) is 0 Å². The maximum Gasteiger partial charge on any atom is 0.168 e. The third kappa shape index (κ3) is 3.03. The van der Waals surface area contributed by atoms with Gasteiger partial charge in [0, 0.05) is 19.0 Å². The highest BCUT2D eigenvalue weighted by Gasteiger charge is 2.44. The predicted molar refractivity (Wildman–Crippen MR) is 112 cm³/mol. The SMILES string of the molecule is CC(C)[Si](C(C)C)(C(C)C)n1ccc(-c2ccc3c(c2)CCN=C3)c1. The number of nitrogens with zero attached hydrogens (tertiary/aromatic N) is 2. The number of hydrogen-bond donors (Lipinski definition) is 0. The number of rotatable bonds is 5. The minimum absolute atomic E-state index is 0.715. The average Bonchev–Trinajstić information content (AvgIpc) is 3.04. The molecule has 2 aromatic rings. The molecular formula is C22H32N2Si. The Labute approximate surface area is 154 Å². The molecule has 0 fully saturated rings. The monoisotopic (exact) mass is 352 g/mol. The average molecular weight is 353 g/mol. The van der Waals surface area contributed by atoms with Crippen molar-refractivity contribution in [3.8, 4) is 11.1 Å². The summed E-state index contributed by atoms with van der Waals surface area (Å²) >= 11 is 0. The number of hydrogen-bond acceptors (Lipinski definition) is 1. The molecule has 0 amide bonds. The molecule has 0 atom stereocenters. The summed E-state index contributed by atoms with van der Waals surface area (Å²) in [6.07, 6.45) is 7.85. The Kier molecular flexibility index (Phi) is 5.06. The highest BCUT2D eigenvalue weighted by atomic mass is 28.3. The molecule has 0 unspecified atom stereocenters. The van der Waals surface area contributed by atoms with Gasteiger partial charge in [0.15, 0.2) is 8.24 Å². The van der Waals surface area contributed by atoms with E-state index >= 15 is 0 Å². The molecule has 0 radical (unpaired) electrons. The summed E-state index contributed by atoms with van der Waals surface area (Å²) in [4.78, 5) is 4.39. The normalized spacial score (nSPS) is 14.6. The van der Waals surface area contributed by atoms with Crippen molar-refractivity contribution in [2.45, 2.75) is 64.6 Å². The number of fused-ring (bicyclic) bond motifs is 1. The fourth-order valence-electron chi connectivity index (χ4n) is 5.18. The molecule has 2 nitrogen and oxygen atoms in total. The molecule has 3 heteroatoms. The zero-order chi connectivity index (χ0) is 18.2. The molecule has 1 aromatic heterocycles. The highest BCUT2D eigenvalue weighted by Crippen LogP contribution is 2.43. The molecule has 0 N–H and O–H groups in total. The van der Waals surface area contributed by atoms with Gasteiger partial charge in [-0.3, -0.25) is 4.99 Å². The van der Waals surface area contributed by atoms with Gasteiger partial charge in [0.1, 0.15) is 0 Å². The van der Waals surface area contributed by atoms with Gasteiger partial charge >= 0.3 is 0 Å². The lowest BCUT2D eigenvalue weighted by Gasteiger charge is -2.44. The maximum atomic E-state index is 4.39. The highest BCUT2D eigenvalue weighted by molar-refractivity contribution is 6.82. The van der Waals surface area contributed by atoms with E-state index in [1.807, 2.05) is 6.21 Å². The van der Waals surface area contributed by atoms with Crippen LogP contribution in [-0.2, 0) is 6.42 Å². The van der Waals surface area contributed by atoms with Crippen LogP contribution in [0.5, 0.6) is 0 Å². The molecule has 3 rings (SSSR count). The van der Waals surface area contributed by atoms with E-state index in [1.165, 1.54) is 22.3 Å². The van der Waals surface area contributed by atoms with Crippen molar-refractivity contribution in [3.63, 3.8) is 0 Å². The smallest absolute Gasteiger partial charge is 0.168 e. The van der Waals surface area contributed by atoms with Crippen LogP contribution >= 0.6 is 0 Å². The van der Waals surface area contributed by atoms with Gasteiger partial charge in [-0.25, -0.2) is 0 Å². The van der Waals surface area contributed by atoms with E-state index in [1.54, 1.807) is 0 Å². The molecule has 134 valence electrons. The van der Waals surface area contributed by atoms with Crippen LogP contribution in [0.1, 0.15) is 52.7 Å². The van der Waals surface area contributed by atoms with Crippen LogP contribution in [-0.4, -0.2) is 25.2 Å². The Hall–Kier alpha value is -1.61. The van der Waals surface area contributed by atoms with Crippen LogP contribution < -0.4 is 0 Å². The standard InChI is InChI=1S/C22H32N2Si/c1-16(2)25(17(3)4,18(5)6)24-12-10-22(15-24)19-7-8-21-14-23-11-9-20(21)13-19/h7-8,10,12-18H,9,11H2,1-6H3. The zero-order valence-electron chi connectivity index (χ0n) is 16.6. The third-order valence-corrected chi connectivity index (χ3v) is 12.9. The van der Waals surface area contributed by atoms with Crippen molar-refractivity contribution in [1.29, 1.82) is 0 Å². The van der Waals surface area contributed by atoms with E-state index in [2.05, 4.69) is 87.4 Å². The first kappa shape index (κ1) is 18.2. The molecule has 0 saturated carbocycles. The molecule has 2 heterocycles. The zero-order valence-corrected chi connectivity index (χ0v) is 17.6. The summed E-state index contributed by atoms with van der Waals surface area (Å²) in [6, 6.07) is 9.15. The minimum atomic E-state index is -1.65. The van der Waals surface area contributed by atoms with E-state index in [-0.39, 0.29) is 0 Å². The summed E-state index contributed by atoms with van der Waals surface area (Å²) in [6.45, 7) is 15.4. The van der Waals surface area contributed by atoms with Crippen LogP contribution in [0, 0.1) is 0 Å². The molecule has 1 aliphatic rings. The van der Waals surface area contributed by atoms with Crippen molar-refractivity contribution in [1.82, 2.24) is 4.23 Å². The molecule has 1 aromatic carbocycles. The second-order valence-electron chi connectivity index (χ2n) is 8.36. The van der Waals surface area contributed by atoms with Crippen LogP contribution in [0.3, 0.4) is 0 Å². The van der Waals surface area contributed by atoms with Crippen molar-refractivity contribution in [2.75, 3.05) is 6.54 Å². The van der Waals surface area contributed by atoms with Crippen molar-refractivity contribution in [2.24, 2.45) is 4.99 Å². The Bertz CT molecular complexity index is 746. The number of benzene rings is 1. The summed E-state index contributed by atoms with van der Waals surface area (Å²) in [7, 11) is -1.65. The number of aromatic nitrogens is 1. The lowest BCUT2D eigenvalue weighted by Crippen LogP contribution is -2.51. The molecule has 0 aliphatic carbocycles. The van der Waals surface area contributed by atoms with Crippen LogP contribution in [0.25, 0.3) is 11.1 Å². The Morgan fingerprint density at radius 2 is 1.60 bits per heavy atom. The van der Waals surface area contributed by atoms with Gasteiger partial charge < -0.3 is 4.23 Å². The van der Waals surface area contributed by atoms with Crippen LogP contribution in [0.2, 0.25) is 16.6 Å². The lowest BCUT2D eigenvalue weighted by molar-refractivity contribution is 0.766. The van der Waals surface area contributed by atoms with Gasteiger partial charge in [-0.1, -0.05) is 59.7 Å². The summed E-state index contributed by atoms with van der Waals surface area (Å²) in [5, 5.41) is 0. The van der Waals surface area contributed by atoms with E-state index in [0.717, 1.165) is 13.0 Å². The van der Waals surface area contributed by atoms with Crippen molar-refractivity contribution in [3.05, 3.63) is 47.8 Å². The first-order valence-electron chi connectivity index (χ1n) is 9.69. The topological polar surface area (TPSA) is 17.3 Å². The molecule has 25 heavy (non-hydrogen) atoms. The van der Waals surface area contributed by atoms with E-state index in [9.17, 15) is 0 Å². The van der Waals surface area contributed by atoms with Gasteiger partial charge in [-0.2, -0.15) is 0 Å². The van der Waals surface area contributed by atoms with E-state index in [4.69, 9.17) is 0 Å². The van der Waals surface area contributed by atoms with E-state index in [0.29, 0.717) is 16.6 Å². The fourth-order valence-corrected chi connectivity index (χ4v) is 11.7. The van der Waals surface area contributed by atoms with Crippen LogP contribution in [0.15, 0.2) is 41.7 Å². The second-order valence-corrected chi connectivity index (χ2v) is 14.1. The van der Waals surface area contributed by atoms with Crippen molar-refractivity contribution >= 4 is 14.5 Å². The number of aliphatic imine (C=N–C) groups is 1. The van der Waals surface area contributed by atoms with Gasteiger partial charge in [-0.15, -0.1) is 0 Å². The Morgan fingerprint density at radius 3 is 2.24 bits per heavy atom. The third-order valence-electron chi connectivity index (χ3n) is 6.13. The summed E-state index contributed by atoms with van der Waals surface area (Å²) in [5.41, 5.74) is 7.55. The summed E-state index contributed by atoms with van der Waals surface area (Å²) in [5.74, 6) is 0. The maximum absolute atomic E-state index is 4.39. The first-order valence-corrected chi connectivity index (χ1v) is 11.9. The largest absolute Gasteiger partial charge is 0.379 e. The molecule has 0 spiro atoms.